The van der Waals surface area contributed by atoms with E-state index in [1.54, 1.807) is 6.92 Å². The molecule has 0 unspecified atom stereocenters. The second-order valence-electron chi connectivity index (χ2n) is 3.25. The van der Waals surface area contributed by atoms with E-state index in [0.29, 0.717) is 17.7 Å². The zero-order chi connectivity index (χ0) is 12.2. The van der Waals surface area contributed by atoms with E-state index in [2.05, 4.69) is 4.98 Å². The van der Waals surface area contributed by atoms with Crippen LogP contribution in [0.1, 0.15) is 17.0 Å². The lowest BCUT2D eigenvalue weighted by molar-refractivity contribution is 0.463. The molecule has 0 atom stereocenters. The number of hydrogen-bond donors (Lipinski definition) is 2. The normalized spacial score (nSPS) is 10.5. The van der Waals surface area contributed by atoms with Crippen molar-refractivity contribution in [3.63, 3.8) is 0 Å². The number of aromatic nitrogens is 1. The fraction of sp³-hybridized carbons (Fsp3) is 0.444. The number of aromatic hydroxyl groups is 1. The van der Waals surface area contributed by atoms with Crippen molar-refractivity contribution < 1.29 is 18.1 Å². The first kappa shape index (κ1) is 13.9. The molecule has 1 heterocycles. The molecule has 0 fully saturated rings. The second kappa shape index (κ2) is 5.09. The van der Waals surface area contributed by atoms with E-state index < -0.39 is 10.1 Å². The molecule has 0 bridgehead atoms. The molecule has 86 valence electrons. The van der Waals surface area contributed by atoms with Gasteiger partial charge in [0.25, 0.3) is 10.1 Å². The van der Waals surface area contributed by atoms with Crippen LogP contribution in [0.2, 0.25) is 0 Å². The highest BCUT2D eigenvalue weighted by Gasteiger charge is 2.00. The minimum absolute atomic E-state index is 0.311. The van der Waals surface area contributed by atoms with Crippen molar-refractivity contribution in [2.75, 3.05) is 6.26 Å². The van der Waals surface area contributed by atoms with Gasteiger partial charge in [0, 0.05) is 5.69 Å². The largest absolute Gasteiger partial charge is 0.506 e. The number of rotatable bonds is 0. The van der Waals surface area contributed by atoms with E-state index in [-0.39, 0.29) is 0 Å². The lowest BCUT2D eigenvalue weighted by Gasteiger charge is -2.02. The zero-order valence-electron chi connectivity index (χ0n) is 9.14. The summed E-state index contributed by atoms with van der Waals surface area (Å²) < 4.78 is 25.9. The lowest BCUT2D eigenvalue weighted by atomic mass is 10.2. The minimum atomic E-state index is -3.67. The van der Waals surface area contributed by atoms with Crippen molar-refractivity contribution in [1.29, 1.82) is 0 Å². The molecular weight excluding hydrogens is 218 g/mol. The first-order chi connectivity index (χ1) is 6.61. The van der Waals surface area contributed by atoms with Crippen molar-refractivity contribution in [1.82, 2.24) is 4.98 Å². The van der Waals surface area contributed by atoms with Crippen molar-refractivity contribution in [3.05, 3.63) is 23.0 Å². The Balaban J connectivity index is 0.000000336. The summed E-state index contributed by atoms with van der Waals surface area (Å²) in [7, 11) is -3.67. The van der Waals surface area contributed by atoms with Crippen LogP contribution in [-0.4, -0.2) is 29.3 Å². The van der Waals surface area contributed by atoms with Gasteiger partial charge in [-0.25, -0.2) is 0 Å². The summed E-state index contributed by atoms with van der Waals surface area (Å²) in [6.45, 7) is 5.59. The predicted molar refractivity (Wildman–Crippen MR) is 57.6 cm³/mol. The van der Waals surface area contributed by atoms with Crippen LogP contribution >= 0.6 is 0 Å². The SMILES string of the molecule is CS(=O)(=O)O.Cc1cc(C)c(O)c(C)n1. The molecule has 5 nitrogen and oxygen atoms in total. The average Bonchev–Trinajstić information content (AvgIpc) is 1.96. The Morgan fingerprint density at radius 3 is 2.00 bits per heavy atom. The first-order valence-corrected chi connectivity index (χ1v) is 6.02. The fourth-order valence-corrected chi connectivity index (χ4v) is 1.02. The molecule has 2 N–H and O–H groups in total. The molecule has 0 aliphatic carbocycles. The van der Waals surface area contributed by atoms with E-state index in [0.717, 1.165) is 11.3 Å². The maximum Gasteiger partial charge on any atom is 0.261 e. The molecule has 0 spiro atoms. The maximum absolute atomic E-state index is 9.27. The van der Waals surface area contributed by atoms with E-state index in [1.807, 2.05) is 19.9 Å². The Labute approximate surface area is 89.5 Å². The monoisotopic (exact) mass is 233 g/mol. The van der Waals surface area contributed by atoms with Gasteiger partial charge in [-0.3, -0.25) is 9.54 Å². The van der Waals surface area contributed by atoms with Crippen molar-refractivity contribution in [2.24, 2.45) is 0 Å². The Kier molecular flexibility index (Phi) is 4.70. The lowest BCUT2D eigenvalue weighted by Crippen LogP contribution is -1.88. The van der Waals surface area contributed by atoms with Crippen molar-refractivity contribution in [2.45, 2.75) is 20.8 Å². The summed E-state index contributed by atoms with van der Waals surface area (Å²) in [5.74, 6) is 0.311. The molecule has 0 radical (unpaired) electrons. The fourth-order valence-electron chi connectivity index (χ4n) is 1.02. The highest BCUT2D eigenvalue weighted by molar-refractivity contribution is 7.85. The molecule has 1 rings (SSSR count). The van der Waals surface area contributed by atoms with Gasteiger partial charge in [-0.15, -0.1) is 0 Å². The third-order valence-corrected chi connectivity index (χ3v) is 1.49. The molecule has 0 aliphatic rings. The van der Waals surface area contributed by atoms with E-state index in [4.69, 9.17) is 4.55 Å². The molecule has 15 heavy (non-hydrogen) atoms. The van der Waals surface area contributed by atoms with E-state index in [1.165, 1.54) is 0 Å². The molecule has 0 aliphatic heterocycles. The van der Waals surface area contributed by atoms with Crippen LogP contribution in [0.15, 0.2) is 6.07 Å². The topological polar surface area (TPSA) is 87.5 Å². The Bertz CT molecular complexity index is 408. The van der Waals surface area contributed by atoms with Gasteiger partial charge < -0.3 is 5.11 Å². The van der Waals surface area contributed by atoms with Crippen LogP contribution in [0.3, 0.4) is 0 Å². The number of pyridine rings is 1. The van der Waals surface area contributed by atoms with Crippen LogP contribution in [-0.2, 0) is 10.1 Å². The van der Waals surface area contributed by atoms with Crippen LogP contribution in [0.4, 0.5) is 0 Å². The average molecular weight is 233 g/mol. The first-order valence-electron chi connectivity index (χ1n) is 4.17. The molecule has 6 heteroatoms. The van der Waals surface area contributed by atoms with Gasteiger partial charge >= 0.3 is 0 Å². The van der Waals surface area contributed by atoms with Gasteiger partial charge in [-0.1, -0.05) is 0 Å². The molecule has 1 aromatic heterocycles. The predicted octanol–water partition coefficient (Wildman–Crippen LogP) is 1.22. The van der Waals surface area contributed by atoms with Gasteiger partial charge in [0.2, 0.25) is 0 Å². The van der Waals surface area contributed by atoms with Crippen LogP contribution in [0.25, 0.3) is 0 Å². The summed E-state index contributed by atoms with van der Waals surface area (Å²) in [6, 6.07) is 1.86. The van der Waals surface area contributed by atoms with Crippen LogP contribution in [0.5, 0.6) is 5.75 Å². The summed E-state index contributed by atoms with van der Waals surface area (Å²) in [5, 5.41) is 9.27. The van der Waals surface area contributed by atoms with Gasteiger partial charge in [-0.2, -0.15) is 8.42 Å². The highest BCUT2D eigenvalue weighted by Crippen LogP contribution is 2.18. The number of hydrogen-bond acceptors (Lipinski definition) is 4. The number of aryl methyl sites for hydroxylation is 3. The standard InChI is InChI=1S/C8H11NO.CH4O3S/c1-5-4-6(2)9-7(3)8(5)10;1-5(2,3)4/h4,10H,1-3H3;1H3,(H,2,3,4). The molecule has 0 amide bonds. The van der Waals surface area contributed by atoms with Gasteiger partial charge in [-0.05, 0) is 32.4 Å². The highest BCUT2D eigenvalue weighted by atomic mass is 32.2. The van der Waals surface area contributed by atoms with Crippen LogP contribution in [0, 0.1) is 20.8 Å². The minimum Gasteiger partial charge on any atom is -0.506 e. The molecule has 0 aromatic carbocycles. The van der Waals surface area contributed by atoms with Gasteiger partial charge in [0.05, 0.1) is 11.9 Å². The van der Waals surface area contributed by atoms with E-state index in [9.17, 15) is 13.5 Å². The smallest absolute Gasteiger partial charge is 0.261 e. The molecule has 1 aromatic rings. The molecular formula is C9H15NO4S. The van der Waals surface area contributed by atoms with Crippen molar-refractivity contribution >= 4 is 10.1 Å². The summed E-state index contributed by atoms with van der Waals surface area (Å²) in [6.07, 6.45) is 0.715. The Morgan fingerprint density at radius 1 is 1.27 bits per heavy atom. The Morgan fingerprint density at radius 2 is 1.67 bits per heavy atom. The second-order valence-corrected chi connectivity index (χ2v) is 4.71. The summed E-state index contributed by atoms with van der Waals surface area (Å²) >= 11 is 0. The van der Waals surface area contributed by atoms with Crippen LogP contribution < -0.4 is 0 Å². The molecule has 0 saturated carbocycles. The summed E-state index contributed by atoms with van der Waals surface area (Å²) in [4.78, 5) is 4.08. The van der Waals surface area contributed by atoms with Gasteiger partial charge in [0.1, 0.15) is 5.75 Å². The Hall–Kier alpha value is -1.14. The van der Waals surface area contributed by atoms with Crippen molar-refractivity contribution in [3.8, 4) is 5.75 Å². The maximum atomic E-state index is 9.27. The zero-order valence-corrected chi connectivity index (χ0v) is 9.96. The summed E-state index contributed by atoms with van der Waals surface area (Å²) in [5.41, 5.74) is 2.55. The third kappa shape index (κ3) is 6.87. The van der Waals surface area contributed by atoms with E-state index >= 15 is 0 Å². The van der Waals surface area contributed by atoms with Gasteiger partial charge in [0.15, 0.2) is 0 Å². The number of nitrogens with zero attached hydrogens (tertiary/aromatic N) is 1. The molecule has 0 saturated heterocycles. The quantitative estimate of drug-likeness (QED) is 0.658. The third-order valence-electron chi connectivity index (χ3n) is 1.49.